The van der Waals surface area contributed by atoms with Crippen molar-refractivity contribution in [3.8, 4) is 5.75 Å². The van der Waals surface area contributed by atoms with Crippen LogP contribution in [0.25, 0.3) is 0 Å². The van der Waals surface area contributed by atoms with E-state index in [9.17, 15) is 13.6 Å². The molecule has 1 N–H and O–H groups in total. The minimum Gasteiger partial charge on any atom is -0.494 e. The van der Waals surface area contributed by atoms with Crippen molar-refractivity contribution in [2.75, 3.05) is 12.9 Å². The van der Waals surface area contributed by atoms with Crippen molar-refractivity contribution in [1.29, 1.82) is 0 Å². The number of rotatable bonds is 5. The fourth-order valence-corrected chi connectivity index (χ4v) is 1.91. The van der Waals surface area contributed by atoms with Gasteiger partial charge >= 0.3 is 5.97 Å². The minimum atomic E-state index is -0.970. The SMILES string of the molecule is COc1cc(F)c(SCCC(=O)O)cc1F. The van der Waals surface area contributed by atoms with Crippen LogP contribution >= 0.6 is 11.8 Å². The molecule has 3 nitrogen and oxygen atoms in total. The molecule has 0 saturated carbocycles. The molecule has 0 heterocycles. The Morgan fingerprint density at radius 2 is 2.12 bits per heavy atom. The highest BCUT2D eigenvalue weighted by Gasteiger charge is 2.11. The van der Waals surface area contributed by atoms with Gasteiger partial charge in [0.25, 0.3) is 0 Å². The van der Waals surface area contributed by atoms with E-state index >= 15 is 0 Å². The van der Waals surface area contributed by atoms with E-state index in [1.54, 1.807) is 0 Å². The van der Waals surface area contributed by atoms with E-state index < -0.39 is 17.6 Å². The number of ether oxygens (including phenoxy) is 1. The zero-order chi connectivity index (χ0) is 12.1. The van der Waals surface area contributed by atoms with Crippen molar-refractivity contribution in [2.45, 2.75) is 11.3 Å². The summed E-state index contributed by atoms with van der Waals surface area (Å²) in [5, 5.41) is 8.40. The fourth-order valence-electron chi connectivity index (χ4n) is 1.03. The van der Waals surface area contributed by atoms with Crippen LogP contribution in [0.2, 0.25) is 0 Å². The number of aliphatic carboxylic acids is 1. The number of carboxylic acid groups (broad SMARTS) is 1. The first kappa shape index (κ1) is 12.8. The Hall–Kier alpha value is -1.30. The Morgan fingerprint density at radius 1 is 1.44 bits per heavy atom. The van der Waals surface area contributed by atoms with Gasteiger partial charge in [0.15, 0.2) is 11.6 Å². The molecule has 16 heavy (non-hydrogen) atoms. The van der Waals surface area contributed by atoms with E-state index in [0.29, 0.717) is 0 Å². The summed E-state index contributed by atoms with van der Waals surface area (Å²) in [6, 6.07) is 1.94. The summed E-state index contributed by atoms with van der Waals surface area (Å²) in [6.07, 6.45) is -0.0994. The number of thioether (sulfide) groups is 1. The topological polar surface area (TPSA) is 46.5 Å². The van der Waals surface area contributed by atoms with Crippen molar-refractivity contribution < 1.29 is 23.4 Å². The summed E-state index contributed by atoms with van der Waals surface area (Å²) >= 11 is 0.957. The molecule has 0 aromatic heterocycles. The van der Waals surface area contributed by atoms with Gasteiger partial charge in [-0.2, -0.15) is 0 Å². The number of halogens is 2. The molecule has 1 aromatic carbocycles. The summed E-state index contributed by atoms with van der Waals surface area (Å²) in [5.74, 6) is -2.23. The molecule has 0 saturated heterocycles. The van der Waals surface area contributed by atoms with Crippen molar-refractivity contribution in [3.63, 3.8) is 0 Å². The van der Waals surface area contributed by atoms with Crippen LogP contribution in [0.3, 0.4) is 0 Å². The zero-order valence-corrected chi connectivity index (χ0v) is 9.31. The summed E-state index contributed by atoms with van der Waals surface area (Å²) < 4.78 is 31.1. The van der Waals surface area contributed by atoms with Gasteiger partial charge in [-0.1, -0.05) is 0 Å². The molecule has 0 bridgehead atoms. The first-order valence-electron chi connectivity index (χ1n) is 4.42. The molecule has 0 fully saturated rings. The Bertz CT molecular complexity index is 396. The maximum Gasteiger partial charge on any atom is 0.304 e. The normalized spacial score (nSPS) is 10.2. The maximum absolute atomic E-state index is 13.3. The van der Waals surface area contributed by atoms with Crippen LogP contribution < -0.4 is 4.74 Å². The van der Waals surface area contributed by atoms with Gasteiger partial charge in [-0.25, -0.2) is 8.78 Å². The molecular weight excluding hydrogens is 238 g/mol. The lowest BCUT2D eigenvalue weighted by atomic mass is 10.3. The van der Waals surface area contributed by atoms with E-state index in [1.807, 2.05) is 0 Å². The average Bonchev–Trinajstić information content (AvgIpc) is 2.22. The predicted molar refractivity (Wildman–Crippen MR) is 55.9 cm³/mol. The number of carbonyl (C=O) groups is 1. The van der Waals surface area contributed by atoms with E-state index in [0.717, 1.165) is 23.9 Å². The average molecular weight is 248 g/mol. The van der Waals surface area contributed by atoms with Gasteiger partial charge in [-0.15, -0.1) is 11.8 Å². The fraction of sp³-hybridized carbons (Fsp3) is 0.300. The third-order valence-corrected chi connectivity index (χ3v) is 2.81. The quantitative estimate of drug-likeness (QED) is 0.813. The highest BCUT2D eigenvalue weighted by atomic mass is 32.2. The number of hydrogen-bond acceptors (Lipinski definition) is 3. The van der Waals surface area contributed by atoms with E-state index in [4.69, 9.17) is 5.11 Å². The monoisotopic (exact) mass is 248 g/mol. The van der Waals surface area contributed by atoms with E-state index in [-0.39, 0.29) is 22.8 Å². The summed E-state index contributed by atoms with van der Waals surface area (Å²) in [6.45, 7) is 0. The first-order chi connectivity index (χ1) is 7.54. The molecule has 0 aliphatic rings. The molecule has 1 aromatic rings. The maximum atomic E-state index is 13.3. The lowest BCUT2D eigenvalue weighted by molar-refractivity contribution is -0.136. The highest BCUT2D eigenvalue weighted by molar-refractivity contribution is 7.99. The smallest absolute Gasteiger partial charge is 0.304 e. The van der Waals surface area contributed by atoms with Gasteiger partial charge < -0.3 is 9.84 Å². The molecule has 0 radical (unpaired) electrons. The lowest BCUT2D eigenvalue weighted by Gasteiger charge is -2.06. The number of methoxy groups -OCH3 is 1. The van der Waals surface area contributed by atoms with Gasteiger partial charge in [0.2, 0.25) is 0 Å². The van der Waals surface area contributed by atoms with E-state index in [2.05, 4.69) is 4.74 Å². The molecule has 0 aliphatic carbocycles. The number of carboxylic acids is 1. The third-order valence-electron chi connectivity index (χ3n) is 1.78. The van der Waals surface area contributed by atoms with Crippen LogP contribution in [-0.2, 0) is 4.79 Å². The van der Waals surface area contributed by atoms with Gasteiger partial charge in [0.05, 0.1) is 13.5 Å². The van der Waals surface area contributed by atoms with Crippen LogP contribution in [0.1, 0.15) is 6.42 Å². The van der Waals surface area contributed by atoms with Crippen LogP contribution in [0, 0.1) is 11.6 Å². The van der Waals surface area contributed by atoms with Crippen molar-refractivity contribution in [2.24, 2.45) is 0 Å². The van der Waals surface area contributed by atoms with Crippen molar-refractivity contribution >= 4 is 17.7 Å². The minimum absolute atomic E-state index is 0.0829. The van der Waals surface area contributed by atoms with Gasteiger partial charge in [-0.05, 0) is 6.07 Å². The second-order valence-corrected chi connectivity index (χ2v) is 4.05. The molecule has 0 aliphatic heterocycles. The highest BCUT2D eigenvalue weighted by Crippen LogP contribution is 2.28. The van der Waals surface area contributed by atoms with Crippen molar-refractivity contribution in [1.82, 2.24) is 0 Å². The Balaban J connectivity index is 2.73. The van der Waals surface area contributed by atoms with Crippen LogP contribution in [0.4, 0.5) is 8.78 Å². The number of hydrogen-bond donors (Lipinski definition) is 1. The van der Waals surface area contributed by atoms with Gasteiger partial charge in [0, 0.05) is 16.7 Å². The summed E-state index contributed by atoms with van der Waals surface area (Å²) in [7, 11) is 1.25. The molecule has 1 rings (SSSR count). The van der Waals surface area contributed by atoms with Crippen LogP contribution in [0.5, 0.6) is 5.75 Å². The molecule has 0 amide bonds. The molecule has 6 heteroatoms. The van der Waals surface area contributed by atoms with Gasteiger partial charge in [-0.3, -0.25) is 4.79 Å². The third kappa shape index (κ3) is 3.37. The molecule has 0 unspecified atom stereocenters. The van der Waals surface area contributed by atoms with Gasteiger partial charge in [0.1, 0.15) is 5.82 Å². The van der Waals surface area contributed by atoms with Crippen LogP contribution in [-0.4, -0.2) is 23.9 Å². The molecular formula is C10H10F2O3S. The van der Waals surface area contributed by atoms with Crippen LogP contribution in [0.15, 0.2) is 17.0 Å². The second kappa shape index (κ2) is 5.69. The van der Waals surface area contributed by atoms with Crippen molar-refractivity contribution in [3.05, 3.63) is 23.8 Å². The number of benzene rings is 1. The van der Waals surface area contributed by atoms with E-state index in [1.165, 1.54) is 7.11 Å². The Morgan fingerprint density at radius 3 is 2.69 bits per heavy atom. The molecule has 0 atom stereocenters. The lowest BCUT2D eigenvalue weighted by Crippen LogP contribution is -1.97. The zero-order valence-electron chi connectivity index (χ0n) is 8.50. The predicted octanol–water partition coefficient (Wildman–Crippen LogP) is 2.54. The standard InChI is InChI=1S/C10H10F2O3S/c1-15-8-4-7(12)9(5-6(8)11)16-3-2-10(13)14/h4-5H,2-3H2,1H3,(H,13,14). The Kier molecular flexibility index (Phi) is 4.54. The first-order valence-corrected chi connectivity index (χ1v) is 5.40. The second-order valence-electron chi connectivity index (χ2n) is 2.91. The summed E-state index contributed by atoms with van der Waals surface area (Å²) in [5.41, 5.74) is 0. The molecule has 88 valence electrons. The largest absolute Gasteiger partial charge is 0.494 e. The molecule has 0 spiro atoms. The Labute approximate surface area is 95.4 Å². The summed E-state index contributed by atoms with van der Waals surface area (Å²) in [4.78, 5) is 10.3.